The van der Waals surface area contributed by atoms with Gasteiger partial charge in [-0.25, -0.2) is 9.59 Å². The monoisotopic (exact) mass is 342 g/mol. The number of fused-ring (bicyclic) bond motifs is 1. The molecule has 0 amide bonds. The van der Waals surface area contributed by atoms with Gasteiger partial charge in [0.1, 0.15) is 11.8 Å². The molecule has 2 aromatic rings. The number of benzene rings is 1. The number of hydrogen-bond donors (Lipinski definition) is 0. The third-order valence-corrected chi connectivity index (χ3v) is 4.79. The number of rotatable bonds is 4. The fourth-order valence-corrected chi connectivity index (χ4v) is 3.46. The largest absolute Gasteiger partial charge is 0.868 e. The average Bonchev–Trinajstić information content (AvgIpc) is 2.36. The maximum absolute atomic E-state index is 12.5. The van der Waals surface area contributed by atoms with E-state index in [-0.39, 0.29) is 27.7 Å². The van der Waals surface area contributed by atoms with E-state index in [9.17, 15) is 14.7 Å². The third kappa shape index (κ3) is 3.56. The van der Waals surface area contributed by atoms with Gasteiger partial charge in [0.25, 0.3) is 0 Å². The van der Waals surface area contributed by atoms with Crippen molar-refractivity contribution in [1.82, 2.24) is 0 Å². The highest BCUT2D eigenvalue weighted by atomic mass is 35.5. The van der Waals surface area contributed by atoms with Crippen LogP contribution >= 0.6 is 11.6 Å². The van der Waals surface area contributed by atoms with E-state index in [1.165, 1.54) is 12.1 Å². The fraction of sp³-hybridized carbons (Fsp3) is 0.333. The van der Waals surface area contributed by atoms with Gasteiger partial charge in [-0.3, -0.25) is 0 Å². The maximum Gasteiger partial charge on any atom is 0.391 e. The van der Waals surface area contributed by atoms with Crippen LogP contribution in [0.4, 0.5) is 0 Å². The lowest BCUT2D eigenvalue weighted by molar-refractivity contribution is -0.270. The first kappa shape index (κ1) is 16.7. The Morgan fingerprint density at radius 3 is 2.77 bits per heavy atom. The van der Waals surface area contributed by atoms with Crippen molar-refractivity contribution in [2.75, 3.05) is 12.0 Å². The van der Waals surface area contributed by atoms with Gasteiger partial charge >= 0.3 is 11.6 Å². The van der Waals surface area contributed by atoms with Gasteiger partial charge in [0.05, 0.1) is 6.10 Å². The second-order valence-corrected chi connectivity index (χ2v) is 7.42. The summed E-state index contributed by atoms with van der Waals surface area (Å²) in [5, 5.41) is 13.1. The molecule has 0 radical (unpaired) electrons. The third-order valence-electron chi connectivity index (χ3n) is 2.83. The predicted octanol–water partition coefficient (Wildman–Crippen LogP) is 2.08. The van der Waals surface area contributed by atoms with E-state index in [1.54, 1.807) is 26.2 Å². The number of carbonyl (C=O) groups excluding carboxylic acids is 1. The van der Waals surface area contributed by atoms with Crippen molar-refractivity contribution in [3.8, 4) is 5.75 Å². The maximum atomic E-state index is 12.5. The molecule has 0 saturated heterocycles. The molecule has 2 rings (SSSR count). The van der Waals surface area contributed by atoms with Crippen LogP contribution in [0.5, 0.6) is 5.75 Å². The highest BCUT2D eigenvalue weighted by Gasteiger charge is 2.28. The molecule has 0 saturated carbocycles. The zero-order chi connectivity index (χ0) is 16.4. The van der Waals surface area contributed by atoms with Crippen LogP contribution in [-0.4, -0.2) is 24.1 Å². The highest BCUT2D eigenvalue weighted by Crippen LogP contribution is 2.29. The number of esters is 1. The summed E-state index contributed by atoms with van der Waals surface area (Å²) in [5.41, 5.74) is -0.587. The predicted molar refractivity (Wildman–Crippen MR) is 84.6 cm³/mol. The van der Waals surface area contributed by atoms with Crippen LogP contribution < -0.4 is 10.7 Å². The van der Waals surface area contributed by atoms with Gasteiger partial charge in [0.2, 0.25) is 10.6 Å². The second-order valence-electron chi connectivity index (χ2n) is 5.01. The van der Waals surface area contributed by atoms with Crippen molar-refractivity contribution < 1.29 is 19.1 Å². The van der Waals surface area contributed by atoms with Gasteiger partial charge in [0.15, 0.2) is 0 Å². The van der Waals surface area contributed by atoms with E-state index in [2.05, 4.69) is 0 Å². The highest BCUT2D eigenvalue weighted by molar-refractivity contribution is 7.97. The van der Waals surface area contributed by atoms with Gasteiger partial charge in [-0.05, 0) is 25.7 Å². The molecule has 0 aliphatic carbocycles. The lowest BCUT2D eigenvalue weighted by Crippen LogP contribution is -2.25. The van der Waals surface area contributed by atoms with E-state index in [0.717, 1.165) is 0 Å². The van der Waals surface area contributed by atoms with Crippen molar-refractivity contribution in [3.05, 3.63) is 33.6 Å². The molecule has 0 bridgehead atoms. The van der Waals surface area contributed by atoms with Gasteiger partial charge in [0, 0.05) is 27.4 Å². The molecule has 22 heavy (non-hydrogen) atoms. The topological polar surface area (TPSA) is 79.6 Å². The first-order valence-corrected chi connectivity index (χ1v) is 8.73. The normalized spacial score (nSPS) is 12.6. The van der Waals surface area contributed by atoms with Crippen molar-refractivity contribution in [2.24, 2.45) is 0 Å². The second kappa shape index (κ2) is 6.62. The zero-order valence-electron chi connectivity index (χ0n) is 12.3. The molecule has 0 aliphatic rings. The van der Waals surface area contributed by atoms with Crippen LogP contribution in [0.2, 0.25) is 5.02 Å². The van der Waals surface area contributed by atoms with E-state index >= 15 is 0 Å². The molecule has 0 aliphatic heterocycles. The minimum Gasteiger partial charge on any atom is -0.868 e. The van der Waals surface area contributed by atoms with Crippen molar-refractivity contribution in [2.45, 2.75) is 24.8 Å². The van der Waals surface area contributed by atoms with Crippen LogP contribution in [0.3, 0.4) is 0 Å². The summed E-state index contributed by atoms with van der Waals surface area (Å²) in [6.45, 7) is 3.47. The minimum atomic E-state index is -0.891. The standard InChI is InChI=1S/C15H15ClO5S/c1-8(2)20-12(17)7-22(3)14-13(18)10-5-4-9(16)6-11(10)21-15(14)19/h4-6,8H,7H2,1-3H3. The summed E-state index contributed by atoms with van der Waals surface area (Å²) in [4.78, 5) is 23.7. The summed E-state index contributed by atoms with van der Waals surface area (Å²) in [6.07, 6.45) is 1.41. The average molecular weight is 343 g/mol. The Morgan fingerprint density at radius 1 is 1.45 bits per heavy atom. The van der Waals surface area contributed by atoms with Crippen LogP contribution in [0.25, 0.3) is 11.0 Å². The lowest BCUT2D eigenvalue weighted by Gasteiger charge is -2.13. The molecule has 5 nitrogen and oxygen atoms in total. The Labute approximate surface area is 135 Å². The SMILES string of the molecule is CC(C)OC(=O)C[S+](C)c1c([O-])c2ccc(Cl)cc2oc1=O. The number of halogens is 1. The van der Waals surface area contributed by atoms with Crippen LogP contribution in [-0.2, 0) is 20.4 Å². The molecule has 1 heterocycles. The number of hydrogen-bond acceptors (Lipinski definition) is 5. The van der Waals surface area contributed by atoms with Gasteiger partial charge in [-0.2, -0.15) is 0 Å². The van der Waals surface area contributed by atoms with E-state index < -0.39 is 28.2 Å². The molecular formula is C15H15ClO5S. The van der Waals surface area contributed by atoms with Gasteiger partial charge < -0.3 is 14.3 Å². The molecule has 0 N–H and O–H groups in total. The quantitative estimate of drug-likeness (QED) is 0.483. The van der Waals surface area contributed by atoms with E-state index in [4.69, 9.17) is 20.8 Å². The van der Waals surface area contributed by atoms with Crippen LogP contribution in [0.15, 0.2) is 32.3 Å². The molecule has 0 fully saturated rings. The molecule has 118 valence electrons. The summed E-state index contributed by atoms with van der Waals surface area (Å²) in [6, 6.07) is 4.48. The molecule has 1 unspecified atom stereocenters. The summed E-state index contributed by atoms with van der Waals surface area (Å²) < 4.78 is 10.2. The van der Waals surface area contributed by atoms with Crippen LogP contribution in [0.1, 0.15) is 13.8 Å². The Balaban J connectivity index is 2.41. The van der Waals surface area contributed by atoms with Crippen molar-refractivity contribution in [1.29, 1.82) is 0 Å². The Bertz CT molecular complexity index is 768. The summed E-state index contributed by atoms with van der Waals surface area (Å²) in [5.74, 6) is -0.904. The Hall–Kier alpha value is -1.66. The molecule has 7 heteroatoms. The van der Waals surface area contributed by atoms with Crippen LogP contribution in [0, 0.1) is 0 Å². The fourth-order valence-electron chi connectivity index (χ4n) is 1.98. The van der Waals surface area contributed by atoms with Gasteiger partial charge in [-0.1, -0.05) is 17.7 Å². The Morgan fingerprint density at radius 2 is 2.14 bits per heavy atom. The first-order chi connectivity index (χ1) is 10.3. The first-order valence-electron chi connectivity index (χ1n) is 6.55. The molecule has 1 aromatic heterocycles. The minimum absolute atomic E-state index is 0.0180. The van der Waals surface area contributed by atoms with Gasteiger partial charge in [-0.15, -0.1) is 0 Å². The summed E-state index contributed by atoms with van der Waals surface area (Å²) >= 11 is 5.82. The van der Waals surface area contributed by atoms with E-state index in [1.807, 2.05) is 0 Å². The summed E-state index contributed by atoms with van der Waals surface area (Å²) in [7, 11) is -0.891. The smallest absolute Gasteiger partial charge is 0.391 e. The molecule has 1 aromatic carbocycles. The number of ether oxygens (including phenoxy) is 1. The molecule has 1 atom stereocenters. The number of carbonyl (C=O) groups is 1. The van der Waals surface area contributed by atoms with Crippen molar-refractivity contribution in [3.63, 3.8) is 0 Å². The van der Waals surface area contributed by atoms with Crippen molar-refractivity contribution >= 4 is 39.4 Å². The molecular weight excluding hydrogens is 328 g/mol. The van der Waals surface area contributed by atoms with E-state index in [0.29, 0.717) is 5.02 Å². The molecule has 0 spiro atoms. The Kier molecular flexibility index (Phi) is 5.03. The zero-order valence-corrected chi connectivity index (χ0v) is 13.9. The lowest BCUT2D eigenvalue weighted by atomic mass is 10.2.